The molecule has 16 heavy (non-hydrogen) atoms. The van der Waals surface area contributed by atoms with Gasteiger partial charge in [0, 0.05) is 0 Å². The van der Waals surface area contributed by atoms with Crippen LogP contribution in [0.3, 0.4) is 0 Å². The molecule has 0 heterocycles. The van der Waals surface area contributed by atoms with Gasteiger partial charge in [0.1, 0.15) is 0 Å². The molecule has 0 bridgehead atoms. The zero-order valence-corrected chi connectivity index (χ0v) is 12.6. The van der Waals surface area contributed by atoms with E-state index in [1.807, 2.05) is 0 Å². The average Bonchev–Trinajstić information content (AvgIpc) is 2.30. The molecule has 0 aliphatic rings. The Morgan fingerprint density at radius 2 is 1.44 bits per heavy atom. The van der Waals surface area contributed by atoms with Crippen molar-refractivity contribution in [2.24, 2.45) is 0 Å². The molecule has 0 aliphatic carbocycles. The first-order valence-corrected chi connectivity index (χ1v) is 11.9. The molecule has 82 valence electrons. The second-order valence-corrected chi connectivity index (χ2v) is 10.8. The van der Waals surface area contributed by atoms with Crippen LogP contribution >= 0.6 is 0 Å². The van der Waals surface area contributed by atoms with Gasteiger partial charge in [0.2, 0.25) is 0 Å². The van der Waals surface area contributed by atoms with Gasteiger partial charge in [0.25, 0.3) is 0 Å². The SMILES string of the molecule is Cc1ccc(-c2cccc[c]2[GeH]([CH3])[CH3])cc1. The van der Waals surface area contributed by atoms with Gasteiger partial charge in [0.15, 0.2) is 0 Å². The van der Waals surface area contributed by atoms with Crippen LogP contribution in [0.15, 0.2) is 48.5 Å². The molecule has 2 aromatic rings. The molecule has 0 aromatic heterocycles. The zero-order chi connectivity index (χ0) is 11.5. The Kier molecular flexibility index (Phi) is 3.50. The van der Waals surface area contributed by atoms with Gasteiger partial charge in [-0.25, -0.2) is 0 Å². The molecular formula is C15H18Ge. The van der Waals surface area contributed by atoms with Crippen molar-refractivity contribution in [3.63, 3.8) is 0 Å². The van der Waals surface area contributed by atoms with Crippen LogP contribution in [-0.2, 0) is 0 Å². The first-order valence-electron chi connectivity index (χ1n) is 5.84. The van der Waals surface area contributed by atoms with Gasteiger partial charge >= 0.3 is 102 Å². The van der Waals surface area contributed by atoms with Crippen molar-refractivity contribution in [2.45, 2.75) is 18.4 Å². The van der Waals surface area contributed by atoms with Crippen LogP contribution in [-0.4, -0.2) is 14.3 Å². The Bertz CT molecular complexity index is 469. The Hall–Kier alpha value is -1.02. The molecule has 0 aliphatic heterocycles. The van der Waals surface area contributed by atoms with E-state index < -0.39 is 14.3 Å². The van der Waals surface area contributed by atoms with Crippen molar-refractivity contribution in [3.8, 4) is 11.1 Å². The van der Waals surface area contributed by atoms with E-state index in [1.54, 1.807) is 4.40 Å². The number of rotatable bonds is 2. The number of benzene rings is 2. The molecule has 0 saturated carbocycles. The van der Waals surface area contributed by atoms with Gasteiger partial charge in [-0.2, -0.15) is 0 Å². The predicted molar refractivity (Wildman–Crippen MR) is 75.1 cm³/mol. The first-order chi connectivity index (χ1) is 7.68. The van der Waals surface area contributed by atoms with Crippen molar-refractivity contribution >= 4 is 18.7 Å². The molecule has 0 fully saturated rings. The van der Waals surface area contributed by atoms with Gasteiger partial charge in [-0.05, 0) is 0 Å². The van der Waals surface area contributed by atoms with E-state index in [0.717, 1.165) is 0 Å². The van der Waals surface area contributed by atoms with Gasteiger partial charge in [-0.15, -0.1) is 0 Å². The summed E-state index contributed by atoms with van der Waals surface area (Å²) in [4.78, 5) is 0. The molecule has 0 amide bonds. The fourth-order valence-corrected chi connectivity index (χ4v) is 4.89. The van der Waals surface area contributed by atoms with Crippen molar-refractivity contribution in [3.05, 3.63) is 54.1 Å². The number of hydrogen-bond donors (Lipinski definition) is 0. The van der Waals surface area contributed by atoms with Crippen LogP contribution in [0.5, 0.6) is 0 Å². The van der Waals surface area contributed by atoms with E-state index >= 15 is 0 Å². The quantitative estimate of drug-likeness (QED) is 0.735. The summed E-state index contributed by atoms with van der Waals surface area (Å²) in [5.74, 6) is 4.86. The minimum absolute atomic E-state index is 1.21. The molecule has 0 saturated heterocycles. The first kappa shape index (κ1) is 11.5. The summed E-state index contributed by atoms with van der Waals surface area (Å²) in [6.45, 7) is 2.13. The second kappa shape index (κ2) is 4.88. The molecule has 0 N–H and O–H groups in total. The standard InChI is InChI=1S/C15H18Ge/c1-12-8-10-13(11-9-12)14-6-4-5-7-15(14)16(2)3/h4-11,16H,1-3H3. The van der Waals surface area contributed by atoms with E-state index in [1.165, 1.54) is 16.7 Å². The Morgan fingerprint density at radius 1 is 0.812 bits per heavy atom. The number of hydrogen-bond acceptors (Lipinski definition) is 0. The summed E-state index contributed by atoms with van der Waals surface area (Å²) in [7, 11) is 0. The third-order valence-electron chi connectivity index (χ3n) is 2.95. The average molecular weight is 271 g/mol. The number of aryl methyl sites for hydroxylation is 1. The normalized spacial score (nSPS) is 10.8. The van der Waals surface area contributed by atoms with Crippen LogP contribution in [0.2, 0.25) is 11.5 Å². The maximum atomic E-state index is 2.43. The van der Waals surface area contributed by atoms with Crippen LogP contribution < -0.4 is 4.40 Å². The molecular weight excluding hydrogens is 253 g/mol. The van der Waals surface area contributed by atoms with Crippen LogP contribution in [0, 0.1) is 6.92 Å². The fraction of sp³-hybridized carbons (Fsp3) is 0.200. The van der Waals surface area contributed by atoms with Crippen LogP contribution in [0.25, 0.3) is 11.1 Å². The summed E-state index contributed by atoms with van der Waals surface area (Å²) in [6, 6.07) is 17.7. The molecule has 0 nitrogen and oxygen atoms in total. The Balaban J connectivity index is 2.51. The Labute approximate surface area is 102 Å². The van der Waals surface area contributed by atoms with Crippen molar-refractivity contribution in [1.29, 1.82) is 0 Å². The maximum absolute atomic E-state index is 2.43. The minimum atomic E-state index is -1.21. The summed E-state index contributed by atoms with van der Waals surface area (Å²) in [5.41, 5.74) is 4.13. The fourth-order valence-electron chi connectivity index (χ4n) is 2.00. The van der Waals surface area contributed by atoms with E-state index in [9.17, 15) is 0 Å². The topological polar surface area (TPSA) is 0 Å². The molecule has 2 rings (SSSR count). The molecule has 0 radical (unpaired) electrons. The molecule has 2 aromatic carbocycles. The molecule has 0 spiro atoms. The Morgan fingerprint density at radius 3 is 2.06 bits per heavy atom. The summed E-state index contributed by atoms with van der Waals surface area (Å²) < 4.78 is 1.61. The predicted octanol–water partition coefficient (Wildman–Crippen LogP) is 3.36. The summed E-state index contributed by atoms with van der Waals surface area (Å²) in [6.07, 6.45) is 0. The molecule has 0 unspecified atom stereocenters. The van der Waals surface area contributed by atoms with E-state index in [4.69, 9.17) is 0 Å². The van der Waals surface area contributed by atoms with E-state index in [2.05, 4.69) is 67.0 Å². The monoisotopic (exact) mass is 272 g/mol. The summed E-state index contributed by atoms with van der Waals surface area (Å²) >= 11 is -1.21. The molecule has 1 heteroatoms. The third-order valence-corrected chi connectivity index (χ3v) is 6.61. The van der Waals surface area contributed by atoms with E-state index in [0.29, 0.717) is 0 Å². The molecule has 0 atom stereocenters. The third kappa shape index (κ3) is 2.38. The van der Waals surface area contributed by atoms with Crippen LogP contribution in [0.1, 0.15) is 5.56 Å². The van der Waals surface area contributed by atoms with Crippen molar-refractivity contribution in [1.82, 2.24) is 0 Å². The van der Waals surface area contributed by atoms with Crippen LogP contribution in [0.4, 0.5) is 0 Å². The van der Waals surface area contributed by atoms with E-state index in [-0.39, 0.29) is 0 Å². The zero-order valence-electron chi connectivity index (χ0n) is 10.2. The summed E-state index contributed by atoms with van der Waals surface area (Å²) in [5, 5.41) is 0. The van der Waals surface area contributed by atoms with Gasteiger partial charge in [0.05, 0.1) is 0 Å². The van der Waals surface area contributed by atoms with Crippen molar-refractivity contribution < 1.29 is 0 Å². The second-order valence-electron chi connectivity index (χ2n) is 4.61. The van der Waals surface area contributed by atoms with Crippen molar-refractivity contribution in [2.75, 3.05) is 0 Å². The van der Waals surface area contributed by atoms with Gasteiger partial charge in [-0.3, -0.25) is 0 Å². The van der Waals surface area contributed by atoms with Gasteiger partial charge < -0.3 is 0 Å². The van der Waals surface area contributed by atoms with Gasteiger partial charge in [-0.1, -0.05) is 0 Å².